The number of esters is 1. The monoisotopic (exact) mass is 266 g/mol. The van der Waals surface area contributed by atoms with E-state index < -0.39 is 6.10 Å². The first-order valence-corrected chi connectivity index (χ1v) is 6.73. The minimum absolute atomic E-state index is 0.189. The molecule has 0 saturated heterocycles. The minimum atomic E-state index is -0.603. The summed E-state index contributed by atoms with van der Waals surface area (Å²) in [6.07, 6.45) is 1.45. The van der Waals surface area contributed by atoms with Crippen LogP contribution in [0.5, 0.6) is 5.75 Å². The van der Waals surface area contributed by atoms with E-state index in [0.717, 1.165) is 18.4 Å². The molecule has 1 rings (SSSR count). The highest BCUT2D eigenvalue weighted by molar-refractivity contribution is 5.75. The highest BCUT2D eigenvalue weighted by Crippen LogP contribution is 2.14. The lowest BCUT2D eigenvalue weighted by Crippen LogP contribution is -2.29. The summed E-state index contributed by atoms with van der Waals surface area (Å²) in [5, 5.41) is 9.43. The molecule has 0 aliphatic carbocycles. The maximum Gasteiger partial charge on any atom is 0.335 e. The summed E-state index contributed by atoms with van der Waals surface area (Å²) in [5.41, 5.74) is 0.856. The molecule has 0 aromatic heterocycles. The molecular formula is C15H22O4. The molecular weight excluding hydrogens is 244 g/mol. The minimum Gasteiger partial charge on any atom is -0.508 e. The van der Waals surface area contributed by atoms with Crippen molar-refractivity contribution in [2.45, 2.75) is 39.2 Å². The topological polar surface area (TPSA) is 55.8 Å². The number of phenolic OH excluding ortho intramolecular Hbond substituents is 1. The van der Waals surface area contributed by atoms with Crippen LogP contribution in [0.2, 0.25) is 0 Å². The van der Waals surface area contributed by atoms with Gasteiger partial charge in [0.25, 0.3) is 0 Å². The Balaban J connectivity index is 2.65. The number of phenols is 1. The van der Waals surface area contributed by atoms with E-state index >= 15 is 0 Å². The fourth-order valence-electron chi connectivity index (χ4n) is 1.66. The van der Waals surface area contributed by atoms with Gasteiger partial charge in [-0.25, -0.2) is 4.79 Å². The molecule has 1 atom stereocenters. The molecule has 0 radical (unpaired) electrons. The van der Waals surface area contributed by atoms with Gasteiger partial charge in [0.05, 0.1) is 6.61 Å². The highest BCUT2D eigenvalue weighted by atomic mass is 16.6. The van der Waals surface area contributed by atoms with E-state index in [2.05, 4.69) is 0 Å². The second kappa shape index (κ2) is 8.53. The number of aromatic hydroxyl groups is 1. The van der Waals surface area contributed by atoms with Crippen molar-refractivity contribution in [1.82, 2.24) is 0 Å². The SMILES string of the molecule is CCCOC(=O)C(Cc1cccc(O)c1)OCCC. The van der Waals surface area contributed by atoms with Crippen LogP contribution in [0.3, 0.4) is 0 Å². The van der Waals surface area contributed by atoms with Gasteiger partial charge in [-0.1, -0.05) is 26.0 Å². The highest BCUT2D eigenvalue weighted by Gasteiger charge is 2.21. The lowest BCUT2D eigenvalue weighted by Gasteiger charge is -2.16. The first-order valence-electron chi connectivity index (χ1n) is 6.73. The van der Waals surface area contributed by atoms with Crippen LogP contribution in [-0.2, 0) is 20.7 Å². The number of carbonyl (C=O) groups is 1. The lowest BCUT2D eigenvalue weighted by atomic mass is 10.1. The van der Waals surface area contributed by atoms with Crippen LogP contribution in [0.15, 0.2) is 24.3 Å². The Morgan fingerprint density at radius 1 is 1.26 bits per heavy atom. The third kappa shape index (κ3) is 5.75. The van der Waals surface area contributed by atoms with Crippen molar-refractivity contribution in [3.8, 4) is 5.75 Å². The van der Waals surface area contributed by atoms with Gasteiger partial charge in [0, 0.05) is 13.0 Å². The number of ether oxygens (including phenoxy) is 2. The number of carbonyl (C=O) groups excluding carboxylic acids is 1. The largest absolute Gasteiger partial charge is 0.508 e. The van der Waals surface area contributed by atoms with E-state index in [1.54, 1.807) is 18.2 Å². The molecule has 4 heteroatoms. The van der Waals surface area contributed by atoms with Crippen molar-refractivity contribution in [2.75, 3.05) is 13.2 Å². The lowest BCUT2D eigenvalue weighted by molar-refractivity contribution is -0.157. The molecule has 19 heavy (non-hydrogen) atoms. The van der Waals surface area contributed by atoms with Crippen LogP contribution in [0.25, 0.3) is 0 Å². The summed E-state index contributed by atoms with van der Waals surface area (Å²) in [5.74, 6) is -0.146. The molecule has 106 valence electrons. The molecule has 0 aliphatic rings. The Bertz CT molecular complexity index is 389. The maximum atomic E-state index is 11.9. The zero-order valence-electron chi connectivity index (χ0n) is 11.6. The Labute approximate surface area is 114 Å². The van der Waals surface area contributed by atoms with E-state index in [0.29, 0.717) is 19.6 Å². The molecule has 1 aromatic rings. The third-order valence-electron chi connectivity index (χ3n) is 2.57. The Morgan fingerprint density at radius 2 is 2.00 bits per heavy atom. The first-order chi connectivity index (χ1) is 9.17. The molecule has 0 spiro atoms. The van der Waals surface area contributed by atoms with Crippen LogP contribution in [-0.4, -0.2) is 30.4 Å². The van der Waals surface area contributed by atoms with Crippen LogP contribution >= 0.6 is 0 Å². The zero-order chi connectivity index (χ0) is 14.1. The summed E-state index contributed by atoms with van der Waals surface area (Å²) >= 11 is 0. The van der Waals surface area contributed by atoms with Crippen molar-refractivity contribution < 1.29 is 19.4 Å². The summed E-state index contributed by atoms with van der Waals surface area (Å²) in [4.78, 5) is 11.9. The average molecular weight is 266 g/mol. The normalized spacial score (nSPS) is 12.1. The fraction of sp³-hybridized carbons (Fsp3) is 0.533. The first kappa shape index (κ1) is 15.5. The fourth-order valence-corrected chi connectivity index (χ4v) is 1.66. The van der Waals surface area contributed by atoms with E-state index in [1.165, 1.54) is 0 Å². The van der Waals surface area contributed by atoms with Gasteiger partial charge in [0.2, 0.25) is 0 Å². The van der Waals surface area contributed by atoms with Crippen LogP contribution in [0, 0.1) is 0 Å². The van der Waals surface area contributed by atoms with Gasteiger partial charge in [-0.05, 0) is 30.5 Å². The third-order valence-corrected chi connectivity index (χ3v) is 2.57. The number of benzene rings is 1. The molecule has 0 amide bonds. The van der Waals surface area contributed by atoms with Gasteiger partial charge in [0.1, 0.15) is 5.75 Å². The van der Waals surface area contributed by atoms with E-state index in [9.17, 15) is 9.90 Å². The smallest absolute Gasteiger partial charge is 0.335 e. The van der Waals surface area contributed by atoms with Crippen LogP contribution in [0.1, 0.15) is 32.3 Å². The Hall–Kier alpha value is -1.55. The molecule has 1 unspecified atom stereocenters. The maximum absolute atomic E-state index is 11.9. The van der Waals surface area contributed by atoms with E-state index in [-0.39, 0.29) is 11.7 Å². The number of rotatable bonds is 8. The quantitative estimate of drug-likeness (QED) is 0.735. The van der Waals surface area contributed by atoms with Crippen molar-refractivity contribution in [1.29, 1.82) is 0 Å². The molecule has 0 fully saturated rings. The van der Waals surface area contributed by atoms with Gasteiger partial charge in [-0.2, -0.15) is 0 Å². The summed E-state index contributed by atoms with van der Waals surface area (Å²) in [6.45, 7) is 4.86. The van der Waals surface area contributed by atoms with E-state index in [4.69, 9.17) is 9.47 Å². The second-order valence-electron chi connectivity index (χ2n) is 4.40. The predicted molar refractivity (Wildman–Crippen MR) is 73.1 cm³/mol. The Kier molecular flexibility index (Phi) is 6.97. The standard InChI is InChI=1S/C15H22O4/c1-3-8-18-14(15(17)19-9-4-2)11-12-6-5-7-13(16)10-12/h5-7,10,14,16H,3-4,8-9,11H2,1-2H3. The predicted octanol–water partition coefficient (Wildman–Crippen LogP) is 2.68. The van der Waals surface area contributed by atoms with Gasteiger partial charge >= 0.3 is 5.97 Å². The van der Waals surface area contributed by atoms with E-state index in [1.807, 2.05) is 19.9 Å². The van der Waals surface area contributed by atoms with Crippen molar-refractivity contribution >= 4 is 5.97 Å². The average Bonchev–Trinajstić information content (AvgIpc) is 2.40. The van der Waals surface area contributed by atoms with Gasteiger partial charge in [-0.3, -0.25) is 0 Å². The van der Waals surface area contributed by atoms with Crippen molar-refractivity contribution in [2.24, 2.45) is 0 Å². The molecule has 0 saturated carbocycles. The second-order valence-corrected chi connectivity index (χ2v) is 4.40. The van der Waals surface area contributed by atoms with Crippen LogP contribution in [0.4, 0.5) is 0 Å². The summed E-state index contributed by atoms with van der Waals surface area (Å²) in [6, 6.07) is 6.84. The zero-order valence-corrected chi connectivity index (χ0v) is 11.6. The summed E-state index contributed by atoms with van der Waals surface area (Å²) in [7, 11) is 0. The summed E-state index contributed by atoms with van der Waals surface area (Å²) < 4.78 is 10.7. The number of hydrogen-bond acceptors (Lipinski definition) is 4. The molecule has 1 N–H and O–H groups in total. The molecule has 0 heterocycles. The van der Waals surface area contributed by atoms with Gasteiger partial charge in [0.15, 0.2) is 6.10 Å². The van der Waals surface area contributed by atoms with Gasteiger partial charge < -0.3 is 14.6 Å². The molecule has 0 bridgehead atoms. The number of hydrogen-bond donors (Lipinski definition) is 1. The van der Waals surface area contributed by atoms with Crippen molar-refractivity contribution in [3.05, 3.63) is 29.8 Å². The Morgan fingerprint density at radius 3 is 2.63 bits per heavy atom. The molecule has 1 aromatic carbocycles. The van der Waals surface area contributed by atoms with Crippen molar-refractivity contribution in [3.63, 3.8) is 0 Å². The molecule has 0 aliphatic heterocycles. The van der Waals surface area contributed by atoms with Gasteiger partial charge in [-0.15, -0.1) is 0 Å². The van der Waals surface area contributed by atoms with Crippen LogP contribution < -0.4 is 0 Å². The molecule has 4 nitrogen and oxygen atoms in total.